The monoisotopic (exact) mass is 225 g/mol. The number of nitrogen functional groups attached to an aromatic ring is 2. The minimum Gasteiger partial charge on any atom is -0.369 e. The Morgan fingerprint density at radius 2 is 2.06 bits per heavy atom. The third-order valence-electron chi connectivity index (χ3n) is 2.23. The Labute approximate surface area is 95.2 Å². The number of nitrogens with one attached hydrogen (secondary N) is 2. The number of hydrogen-bond donors (Lipinski definition) is 4. The lowest BCUT2D eigenvalue weighted by Gasteiger charge is -2.14. The van der Waals surface area contributed by atoms with Gasteiger partial charge in [-0.05, 0) is 13.6 Å². The zero-order chi connectivity index (χ0) is 12.0. The van der Waals surface area contributed by atoms with E-state index in [-0.39, 0.29) is 5.95 Å². The van der Waals surface area contributed by atoms with Gasteiger partial charge in [0.1, 0.15) is 11.6 Å². The second-order valence-electron chi connectivity index (χ2n) is 3.46. The maximum atomic E-state index is 5.52. The largest absolute Gasteiger partial charge is 0.369 e. The summed E-state index contributed by atoms with van der Waals surface area (Å²) in [6, 6.07) is 1.71. The van der Waals surface area contributed by atoms with Crippen LogP contribution in [0.3, 0.4) is 0 Å². The second kappa shape index (κ2) is 6.09. The van der Waals surface area contributed by atoms with E-state index in [1.807, 2.05) is 0 Å². The van der Waals surface area contributed by atoms with E-state index in [9.17, 15) is 0 Å². The fraction of sp³-hybridized carbons (Fsp3) is 0.556. The van der Waals surface area contributed by atoms with Crippen molar-refractivity contribution in [2.45, 2.75) is 6.92 Å². The highest BCUT2D eigenvalue weighted by Gasteiger charge is 2.01. The molecule has 0 atom stereocenters. The molecule has 0 saturated heterocycles. The van der Waals surface area contributed by atoms with Crippen LogP contribution in [0.15, 0.2) is 6.07 Å². The highest BCUT2D eigenvalue weighted by Crippen LogP contribution is 2.10. The van der Waals surface area contributed by atoms with Crippen LogP contribution in [-0.2, 0) is 0 Å². The number of hydrogen-bond acceptors (Lipinski definition) is 7. The summed E-state index contributed by atoms with van der Waals surface area (Å²) in [4.78, 5) is 10.1. The summed E-state index contributed by atoms with van der Waals surface area (Å²) < 4.78 is 0. The molecule has 1 rings (SSSR count). The maximum Gasteiger partial charge on any atom is 0.223 e. The first-order chi connectivity index (χ1) is 7.65. The topological polar surface area (TPSA) is 105 Å². The van der Waals surface area contributed by atoms with Crippen LogP contribution >= 0.6 is 0 Å². The van der Waals surface area contributed by atoms with Crippen molar-refractivity contribution in [3.05, 3.63) is 6.07 Å². The average Bonchev–Trinajstić information content (AvgIpc) is 2.28. The molecule has 0 aliphatic heterocycles. The molecule has 7 nitrogen and oxygen atoms in total. The predicted molar refractivity (Wildman–Crippen MR) is 65.9 cm³/mol. The van der Waals surface area contributed by atoms with Gasteiger partial charge in [0.05, 0.1) is 0 Å². The number of nitrogens with zero attached hydrogens (tertiary/aromatic N) is 3. The molecule has 0 aliphatic rings. The number of rotatable bonds is 6. The Balaban J connectivity index is 2.50. The summed E-state index contributed by atoms with van der Waals surface area (Å²) in [5.74, 6) is 6.62. The van der Waals surface area contributed by atoms with Crippen molar-refractivity contribution >= 4 is 17.6 Å². The number of anilines is 3. The van der Waals surface area contributed by atoms with Crippen molar-refractivity contribution < 1.29 is 0 Å². The van der Waals surface area contributed by atoms with Crippen LogP contribution in [-0.4, -0.2) is 41.5 Å². The van der Waals surface area contributed by atoms with Gasteiger partial charge in [-0.15, -0.1) is 0 Å². The van der Waals surface area contributed by atoms with Crippen LogP contribution in [0.25, 0.3) is 0 Å². The molecule has 1 heterocycles. The Morgan fingerprint density at radius 1 is 1.38 bits per heavy atom. The first kappa shape index (κ1) is 12.5. The van der Waals surface area contributed by atoms with Crippen LogP contribution in [0.2, 0.25) is 0 Å². The van der Waals surface area contributed by atoms with E-state index in [1.54, 1.807) is 6.07 Å². The molecule has 0 aliphatic carbocycles. The van der Waals surface area contributed by atoms with Crippen molar-refractivity contribution in [1.82, 2.24) is 14.9 Å². The van der Waals surface area contributed by atoms with E-state index in [4.69, 9.17) is 11.6 Å². The molecule has 0 saturated carbocycles. The van der Waals surface area contributed by atoms with Crippen LogP contribution in [0.5, 0.6) is 0 Å². The average molecular weight is 225 g/mol. The number of nitrogens with two attached hydrogens (primary N) is 2. The Bertz CT molecular complexity index is 328. The summed E-state index contributed by atoms with van der Waals surface area (Å²) in [6.07, 6.45) is 0. The van der Waals surface area contributed by atoms with Gasteiger partial charge >= 0.3 is 0 Å². The van der Waals surface area contributed by atoms with Crippen molar-refractivity contribution in [1.29, 1.82) is 0 Å². The van der Waals surface area contributed by atoms with Crippen molar-refractivity contribution in [3.63, 3.8) is 0 Å². The third kappa shape index (κ3) is 3.87. The lowest BCUT2D eigenvalue weighted by Crippen LogP contribution is -2.25. The molecule has 0 spiro atoms. The quantitative estimate of drug-likeness (QED) is 0.389. The van der Waals surface area contributed by atoms with Crippen LogP contribution in [0, 0.1) is 0 Å². The van der Waals surface area contributed by atoms with E-state index >= 15 is 0 Å². The molecule has 6 N–H and O–H groups in total. The summed E-state index contributed by atoms with van der Waals surface area (Å²) >= 11 is 0. The zero-order valence-corrected chi connectivity index (χ0v) is 9.70. The molecule has 0 radical (unpaired) electrons. The van der Waals surface area contributed by atoms with Crippen molar-refractivity contribution in [2.75, 3.05) is 43.2 Å². The van der Waals surface area contributed by atoms with Gasteiger partial charge in [-0.2, -0.15) is 9.97 Å². The molecule has 16 heavy (non-hydrogen) atoms. The summed E-state index contributed by atoms with van der Waals surface area (Å²) in [5, 5.41) is 3.16. The SMILES string of the molecule is CCN(C)CCNc1cc(NN)nc(N)n1. The predicted octanol–water partition coefficient (Wildman–Crippen LogP) is -0.292. The molecule has 0 bridgehead atoms. The Hall–Kier alpha value is -1.60. The molecule has 0 fully saturated rings. The van der Waals surface area contributed by atoms with Gasteiger partial charge in [-0.25, -0.2) is 5.84 Å². The van der Waals surface area contributed by atoms with Gasteiger partial charge in [-0.1, -0.05) is 6.92 Å². The van der Waals surface area contributed by atoms with E-state index in [2.05, 4.69) is 39.6 Å². The van der Waals surface area contributed by atoms with E-state index in [1.165, 1.54) is 0 Å². The summed E-state index contributed by atoms with van der Waals surface area (Å²) in [6.45, 7) is 4.86. The van der Waals surface area contributed by atoms with Gasteiger partial charge < -0.3 is 21.4 Å². The second-order valence-corrected chi connectivity index (χ2v) is 3.46. The van der Waals surface area contributed by atoms with Gasteiger partial charge in [0.2, 0.25) is 5.95 Å². The Kier molecular flexibility index (Phi) is 4.74. The standard InChI is InChI=1S/C9H19N7/c1-3-16(2)5-4-12-7-6-8(15-11)14-9(10)13-7/h6H,3-5,11H2,1-2H3,(H4,10,12,13,14,15). The molecule has 7 heteroatoms. The van der Waals surface area contributed by atoms with Crippen LogP contribution in [0.4, 0.5) is 17.6 Å². The van der Waals surface area contributed by atoms with Gasteiger partial charge in [0, 0.05) is 19.2 Å². The minimum atomic E-state index is 0.196. The van der Waals surface area contributed by atoms with E-state index in [0.29, 0.717) is 11.6 Å². The van der Waals surface area contributed by atoms with Crippen LogP contribution in [0.1, 0.15) is 6.92 Å². The molecule has 1 aromatic heterocycles. The molecular weight excluding hydrogens is 206 g/mol. The molecule has 0 unspecified atom stereocenters. The number of aromatic nitrogens is 2. The lowest BCUT2D eigenvalue weighted by atomic mass is 10.5. The van der Waals surface area contributed by atoms with E-state index in [0.717, 1.165) is 19.6 Å². The van der Waals surface area contributed by atoms with Crippen molar-refractivity contribution in [2.24, 2.45) is 5.84 Å². The fourth-order valence-corrected chi connectivity index (χ4v) is 1.16. The highest BCUT2D eigenvalue weighted by molar-refractivity contribution is 5.50. The van der Waals surface area contributed by atoms with Gasteiger partial charge in [-0.3, -0.25) is 0 Å². The highest BCUT2D eigenvalue weighted by atomic mass is 15.3. The summed E-state index contributed by atoms with van der Waals surface area (Å²) in [5.41, 5.74) is 7.96. The van der Waals surface area contributed by atoms with Crippen molar-refractivity contribution in [3.8, 4) is 0 Å². The lowest BCUT2D eigenvalue weighted by molar-refractivity contribution is 0.367. The van der Waals surface area contributed by atoms with Gasteiger partial charge in [0.25, 0.3) is 0 Å². The fourth-order valence-electron chi connectivity index (χ4n) is 1.16. The first-order valence-electron chi connectivity index (χ1n) is 5.19. The number of hydrazine groups is 1. The minimum absolute atomic E-state index is 0.196. The smallest absolute Gasteiger partial charge is 0.223 e. The molecule has 90 valence electrons. The number of likely N-dealkylation sites (N-methyl/N-ethyl adjacent to an activating group) is 1. The normalized spacial score (nSPS) is 10.5. The Morgan fingerprint density at radius 3 is 2.69 bits per heavy atom. The third-order valence-corrected chi connectivity index (χ3v) is 2.23. The van der Waals surface area contributed by atoms with E-state index < -0.39 is 0 Å². The molecular formula is C9H19N7. The van der Waals surface area contributed by atoms with Crippen LogP contribution < -0.4 is 22.3 Å². The maximum absolute atomic E-state index is 5.52. The molecule has 0 aromatic carbocycles. The zero-order valence-electron chi connectivity index (χ0n) is 9.70. The molecule has 1 aromatic rings. The van der Waals surface area contributed by atoms with Gasteiger partial charge in [0.15, 0.2) is 0 Å². The molecule has 0 amide bonds. The first-order valence-corrected chi connectivity index (χ1v) is 5.19. The summed E-state index contributed by atoms with van der Waals surface area (Å²) in [7, 11) is 2.06.